The Bertz CT molecular complexity index is 1190. The molecule has 0 spiro atoms. The molecule has 35 heavy (non-hydrogen) atoms. The largest absolute Gasteiger partial charge is 1.00 e. The molecular weight excluding hydrogens is 541 g/mol. The summed E-state index contributed by atoms with van der Waals surface area (Å²) in [6.07, 6.45) is -4.62. The number of benzene rings is 1. The van der Waals surface area contributed by atoms with Gasteiger partial charge in [-0.05, 0) is 24.6 Å². The quantitative estimate of drug-likeness (QED) is 0.0804. The Morgan fingerprint density at radius 3 is 2.43 bits per heavy atom. The van der Waals surface area contributed by atoms with Crippen molar-refractivity contribution in [3.05, 3.63) is 45.7 Å². The molecule has 0 aliphatic carbocycles. The summed E-state index contributed by atoms with van der Waals surface area (Å²) in [4.78, 5) is 13.0. The van der Waals surface area contributed by atoms with Crippen LogP contribution in [-0.4, -0.2) is 22.6 Å². The second kappa shape index (κ2) is 15.0. The molecule has 1 aromatic carbocycles. The van der Waals surface area contributed by atoms with E-state index in [9.17, 15) is 41.3 Å². The Morgan fingerprint density at radius 1 is 1.23 bits per heavy atom. The van der Waals surface area contributed by atoms with E-state index in [1.54, 1.807) is 6.92 Å². The maximum absolute atomic E-state index is 13.8. The summed E-state index contributed by atoms with van der Waals surface area (Å²) in [5.74, 6) is -3.01. The summed E-state index contributed by atoms with van der Waals surface area (Å²) in [6.45, 7) is 1.45. The van der Waals surface area contributed by atoms with Gasteiger partial charge >= 0.3 is 65.3 Å². The molecule has 0 radical (unpaired) electrons. The van der Waals surface area contributed by atoms with Gasteiger partial charge < -0.3 is 14.9 Å². The number of aromatic hydroxyl groups is 1. The normalized spacial score (nSPS) is 11.8. The van der Waals surface area contributed by atoms with Gasteiger partial charge in [-0.25, -0.2) is 8.42 Å². The zero-order chi connectivity index (χ0) is 24.8. The van der Waals surface area contributed by atoms with Gasteiger partial charge in [0.2, 0.25) is 0 Å². The van der Waals surface area contributed by atoms with E-state index in [0.29, 0.717) is 23.0 Å². The number of unbranched alkanes of at least 4 members (excludes halogenated alkanes) is 1. The van der Waals surface area contributed by atoms with Crippen LogP contribution < -0.4 is 69.9 Å². The minimum atomic E-state index is -5.36. The van der Waals surface area contributed by atoms with Gasteiger partial charge in [0.05, 0.1) is 39.2 Å². The van der Waals surface area contributed by atoms with Crippen LogP contribution in [0.25, 0.3) is 0 Å². The van der Waals surface area contributed by atoms with Crippen molar-refractivity contribution in [3.63, 3.8) is 0 Å². The fourth-order valence-electron chi connectivity index (χ4n) is 2.74. The Kier molecular flexibility index (Phi) is 14.8. The number of pyridine rings is 1. The average Bonchev–Trinajstić information content (AvgIpc) is 2.71. The summed E-state index contributed by atoms with van der Waals surface area (Å²) < 4.78 is 79.8. The van der Waals surface area contributed by atoms with E-state index in [0.717, 1.165) is 0 Å². The van der Waals surface area contributed by atoms with Gasteiger partial charge in [-0.1, -0.05) is 19.4 Å². The molecule has 182 valence electrons. The summed E-state index contributed by atoms with van der Waals surface area (Å²) in [7, 11) is -5.28. The Labute approximate surface area is 246 Å². The van der Waals surface area contributed by atoms with E-state index in [4.69, 9.17) is 0 Å². The van der Waals surface area contributed by atoms with Gasteiger partial charge in [0.1, 0.15) is 0 Å². The number of halogens is 3. The van der Waals surface area contributed by atoms with Crippen LogP contribution in [0.5, 0.6) is 5.88 Å². The van der Waals surface area contributed by atoms with Crippen LogP contribution in [0.1, 0.15) is 30.9 Å². The van der Waals surface area contributed by atoms with Crippen LogP contribution in [0.2, 0.25) is 0 Å². The number of hydrogen-bond donors (Lipinski definition) is 1. The van der Waals surface area contributed by atoms with Crippen molar-refractivity contribution in [2.45, 2.75) is 43.1 Å². The van der Waals surface area contributed by atoms with E-state index < -0.39 is 50.3 Å². The average molecular weight is 557 g/mol. The summed E-state index contributed by atoms with van der Waals surface area (Å²) in [5.41, 5.74) is -5.92. The number of aromatic nitrogens is 1. The van der Waals surface area contributed by atoms with Crippen molar-refractivity contribution >= 4 is 33.5 Å². The summed E-state index contributed by atoms with van der Waals surface area (Å²) in [6, 6.07) is 5.37. The molecule has 0 unspecified atom stereocenters. The minimum Gasteiger partial charge on any atom is -0.748 e. The molecular formula is C17H16F3N3Na2O8S2. The monoisotopic (exact) mass is 557 g/mol. The van der Waals surface area contributed by atoms with E-state index in [1.165, 1.54) is 24.3 Å². The van der Waals surface area contributed by atoms with Gasteiger partial charge in [-0.15, -0.1) is 5.11 Å². The van der Waals surface area contributed by atoms with Crippen LogP contribution in [0, 0.1) is 0 Å². The molecule has 11 nitrogen and oxygen atoms in total. The topological polar surface area (TPSA) is 166 Å². The van der Waals surface area contributed by atoms with Gasteiger partial charge in [0.15, 0.2) is 11.6 Å². The van der Waals surface area contributed by atoms with Crippen molar-refractivity contribution in [2.75, 3.05) is 0 Å². The smallest absolute Gasteiger partial charge is 0.748 e. The zero-order valence-electron chi connectivity index (χ0n) is 18.7. The molecule has 18 heteroatoms. The number of rotatable bonds is 10. The maximum Gasteiger partial charge on any atom is 1.00 e. The molecule has 0 aliphatic rings. The van der Waals surface area contributed by atoms with Gasteiger partial charge in [0, 0.05) is 17.0 Å². The summed E-state index contributed by atoms with van der Waals surface area (Å²) in [5, 5.41) is 30.3. The van der Waals surface area contributed by atoms with Gasteiger partial charge in [-0.3, -0.25) is 14.4 Å². The molecule has 0 fully saturated rings. The summed E-state index contributed by atoms with van der Waals surface area (Å²) >= 11 is 0.472. The van der Waals surface area contributed by atoms with Crippen LogP contribution in [0.15, 0.2) is 44.2 Å². The van der Waals surface area contributed by atoms with Crippen molar-refractivity contribution in [3.8, 4) is 5.88 Å². The van der Waals surface area contributed by atoms with Crippen molar-refractivity contribution in [1.82, 2.24) is 4.57 Å². The van der Waals surface area contributed by atoms with E-state index in [2.05, 4.69) is 19.6 Å². The van der Waals surface area contributed by atoms with Crippen LogP contribution in [0.3, 0.4) is 0 Å². The third kappa shape index (κ3) is 10.1. The van der Waals surface area contributed by atoms with Crippen molar-refractivity contribution in [2.24, 2.45) is 10.2 Å². The number of hydrogen-bond acceptors (Lipinski definition) is 11. The third-order valence-corrected chi connectivity index (χ3v) is 5.31. The standard InChI is InChI=1S/C17H18F3N3O8S2.2Na/c1-2-3-7-23-15(24)12(9-33(27,28)29)13(17(18,19)20)14(16(23)25)22-21-10-5-4-6-11(8-10)32-31-30-26;;/h4-6,8,24,26H,2-3,7,9H2,1H3,(H,27,28,29);;/q;2*+1/p-2. The molecule has 0 atom stereocenters. The minimum absolute atomic E-state index is 0. The van der Waals surface area contributed by atoms with E-state index in [-0.39, 0.29) is 82.7 Å². The molecule has 0 saturated carbocycles. The molecule has 1 heterocycles. The molecule has 2 rings (SSSR count). The van der Waals surface area contributed by atoms with E-state index in [1.807, 2.05) is 0 Å². The molecule has 0 saturated heterocycles. The van der Waals surface area contributed by atoms with Crippen LogP contribution in [0.4, 0.5) is 24.5 Å². The Balaban J connectivity index is 0.00000578. The Hall–Kier alpha value is -0.500. The SMILES string of the molecule is CCCCn1c(O)c(CS(=O)(=O)[O-])c(C(F)(F)F)c(N=Nc2cccc(SOO[O-])c2)c1=O.[Na+].[Na+]. The fraction of sp³-hybridized carbons (Fsp3) is 0.353. The predicted molar refractivity (Wildman–Crippen MR) is 104 cm³/mol. The molecule has 0 amide bonds. The van der Waals surface area contributed by atoms with E-state index >= 15 is 0 Å². The first-order valence-electron chi connectivity index (χ1n) is 9.03. The second-order valence-electron chi connectivity index (χ2n) is 6.45. The number of alkyl halides is 3. The zero-order valence-corrected chi connectivity index (χ0v) is 24.4. The van der Waals surface area contributed by atoms with Crippen molar-refractivity contribution < 1.29 is 105 Å². The maximum atomic E-state index is 13.8. The van der Waals surface area contributed by atoms with Crippen molar-refractivity contribution in [1.29, 1.82) is 0 Å². The predicted octanol–water partition coefficient (Wildman–Crippen LogP) is -2.93. The van der Waals surface area contributed by atoms with Gasteiger partial charge in [-0.2, -0.15) is 22.6 Å². The van der Waals surface area contributed by atoms with Gasteiger partial charge in [0.25, 0.3) is 5.56 Å². The molecule has 0 aliphatic heterocycles. The molecule has 0 bridgehead atoms. The molecule has 1 aromatic heterocycles. The number of azo groups is 1. The third-order valence-electron chi connectivity index (χ3n) is 4.09. The first-order valence-corrected chi connectivity index (χ1v) is 11.3. The fourth-order valence-corrected chi connectivity index (χ4v) is 3.78. The molecule has 2 aromatic rings. The number of nitrogens with zero attached hydrogens (tertiary/aromatic N) is 3. The van der Waals surface area contributed by atoms with Crippen LogP contribution >= 0.6 is 12.0 Å². The first kappa shape index (κ1) is 34.5. The second-order valence-corrected chi connectivity index (χ2v) is 8.63. The van der Waals surface area contributed by atoms with Crippen LogP contribution in [-0.2, 0) is 38.0 Å². The molecule has 1 N–H and O–H groups in total. The Morgan fingerprint density at radius 2 is 1.89 bits per heavy atom. The first-order chi connectivity index (χ1) is 15.4.